The lowest BCUT2D eigenvalue weighted by Gasteiger charge is -2.34. The molecule has 7 nitrogen and oxygen atoms in total. The SMILES string of the molecule is CC(O)c1nccn1C(/C=C/c1ccc(-c2ccc(C3CC(C(=O)NCC#N)C3)cc2)cc1)CO. The number of nitriles is 1. The molecule has 1 amide bonds. The Morgan fingerprint density at radius 1 is 1.20 bits per heavy atom. The number of carbonyl (C=O) groups is 1. The maximum atomic E-state index is 11.9. The van der Waals surface area contributed by atoms with Gasteiger partial charge < -0.3 is 20.1 Å². The standard InChI is InChI=1S/C28H30N4O3/c1-19(34)27-30-14-15-32(27)26(18-33)11-4-20-2-5-21(6-3-20)22-7-9-23(10-8-22)24-16-25(17-24)28(35)31-13-12-29/h2-11,14-15,19,24-26,33-34H,13,16-18H2,1H3,(H,31,35)/b11-4+. The Hall–Kier alpha value is -3.73. The summed E-state index contributed by atoms with van der Waals surface area (Å²) >= 11 is 0. The van der Waals surface area contributed by atoms with E-state index in [1.54, 1.807) is 23.9 Å². The summed E-state index contributed by atoms with van der Waals surface area (Å²) in [5.41, 5.74) is 4.49. The van der Waals surface area contributed by atoms with E-state index in [1.165, 1.54) is 5.56 Å². The number of benzene rings is 2. The molecule has 1 saturated carbocycles. The van der Waals surface area contributed by atoms with E-state index in [1.807, 2.05) is 30.4 Å². The molecule has 180 valence electrons. The highest BCUT2D eigenvalue weighted by Gasteiger charge is 2.35. The molecule has 0 bridgehead atoms. The summed E-state index contributed by atoms with van der Waals surface area (Å²) < 4.78 is 1.78. The first-order chi connectivity index (χ1) is 17.0. The fraction of sp³-hybridized carbons (Fsp3) is 0.321. The quantitative estimate of drug-likeness (QED) is 0.410. The average molecular weight is 471 g/mol. The Labute approximate surface area is 205 Å². The minimum absolute atomic E-state index is 0.00598. The number of aliphatic hydroxyl groups excluding tert-OH is 2. The number of nitrogens with zero attached hydrogens (tertiary/aromatic N) is 3. The van der Waals surface area contributed by atoms with Gasteiger partial charge in [-0.05, 0) is 47.9 Å². The van der Waals surface area contributed by atoms with Crippen molar-refractivity contribution < 1.29 is 15.0 Å². The molecule has 0 radical (unpaired) electrons. The number of rotatable bonds is 9. The molecular formula is C28H30N4O3. The number of carbonyl (C=O) groups excluding carboxylic acids is 1. The first-order valence-electron chi connectivity index (χ1n) is 11.8. The van der Waals surface area contributed by atoms with Crippen LogP contribution < -0.4 is 5.32 Å². The lowest BCUT2D eigenvalue weighted by Crippen LogP contribution is -2.38. The van der Waals surface area contributed by atoms with Crippen LogP contribution in [0, 0.1) is 17.2 Å². The van der Waals surface area contributed by atoms with Crippen LogP contribution in [0.25, 0.3) is 17.2 Å². The van der Waals surface area contributed by atoms with Crippen LogP contribution in [0.4, 0.5) is 0 Å². The second-order valence-corrected chi connectivity index (χ2v) is 8.96. The van der Waals surface area contributed by atoms with E-state index in [4.69, 9.17) is 5.26 Å². The Morgan fingerprint density at radius 2 is 1.86 bits per heavy atom. The Balaban J connectivity index is 1.36. The monoisotopic (exact) mass is 470 g/mol. The van der Waals surface area contributed by atoms with Gasteiger partial charge in [0, 0.05) is 18.3 Å². The number of aliphatic hydroxyl groups is 2. The second-order valence-electron chi connectivity index (χ2n) is 8.96. The number of nitrogens with one attached hydrogen (secondary N) is 1. The van der Waals surface area contributed by atoms with E-state index >= 15 is 0 Å². The van der Waals surface area contributed by atoms with Crippen molar-refractivity contribution in [1.82, 2.24) is 14.9 Å². The van der Waals surface area contributed by atoms with Crippen LogP contribution in [0.15, 0.2) is 67.0 Å². The number of aromatic nitrogens is 2. The summed E-state index contributed by atoms with van der Waals surface area (Å²) in [6, 6.07) is 18.3. The van der Waals surface area contributed by atoms with E-state index in [2.05, 4.69) is 46.7 Å². The third-order valence-corrected chi connectivity index (χ3v) is 6.60. The Kier molecular flexibility index (Phi) is 7.76. The molecule has 1 aliphatic carbocycles. The van der Waals surface area contributed by atoms with E-state index in [9.17, 15) is 15.0 Å². The van der Waals surface area contributed by atoms with Crippen LogP contribution in [0.1, 0.15) is 54.8 Å². The normalized spacial score (nSPS) is 19.0. The largest absolute Gasteiger partial charge is 0.394 e. The van der Waals surface area contributed by atoms with Gasteiger partial charge in [0.25, 0.3) is 0 Å². The summed E-state index contributed by atoms with van der Waals surface area (Å²) in [5.74, 6) is 0.893. The predicted octanol–water partition coefficient (Wildman–Crippen LogP) is 3.98. The van der Waals surface area contributed by atoms with Crippen molar-refractivity contribution >= 4 is 12.0 Å². The Bertz CT molecular complexity index is 1200. The zero-order valence-electron chi connectivity index (χ0n) is 19.7. The van der Waals surface area contributed by atoms with Crippen LogP contribution in [-0.4, -0.2) is 38.8 Å². The molecule has 1 heterocycles. The van der Waals surface area contributed by atoms with Crippen molar-refractivity contribution in [3.8, 4) is 17.2 Å². The van der Waals surface area contributed by atoms with Gasteiger partial charge in [0.05, 0.1) is 18.7 Å². The van der Waals surface area contributed by atoms with Crippen molar-refractivity contribution in [2.45, 2.75) is 37.8 Å². The molecule has 1 fully saturated rings. The molecule has 0 aliphatic heterocycles. The van der Waals surface area contributed by atoms with E-state index in [-0.39, 0.29) is 31.0 Å². The van der Waals surface area contributed by atoms with Crippen LogP contribution in [-0.2, 0) is 4.79 Å². The van der Waals surface area contributed by atoms with Crippen LogP contribution >= 0.6 is 0 Å². The zero-order chi connectivity index (χ0) is 24.8. The topological polar surface area (TPSA) is 111 Å². The molecule has 2 aromatic carbocycles. The third kappa shape index (κ3) is 5.68. The molecule has 3 aromatic rings. The van der Waals surface area contributed by atoms with Gasteiger partial charge in [-0.15, -0.1) is 0 Å². The minimum atomic E-state index is -0.710. The smallest absolute Gasteiger partial charge is 0.223 e. The van der Waals surface area contributed by atoms with Crippen LogP contribution in [0.5, 0.6) is 0 Å². The van der Waals surface area contributed by atoms with Gasteiger partial charge in [0.2, 0.25) is 5.91 Å². The first-order valence-corrected chi connectivity index (χ1v) is 11.8. The molecule has 3 N–H and O–H groups in total. The molecule has 0 spiro atoms. The van der Waals surface area contributed by atoms with Gasteiger partial charge in [0.1, 0.15) is 18.5 Å². The zero-order valence-corrected chi connectivity index (χ0v) is 19.7. The third-order valence-electron chi connectivity index (χ3n) is 6.60. The maximum Gasteiger partial charge on any atom is 0.223 e. The van der Waals surface area contributed by atoms with Crippen LogP contribution in [0.3, 0.4) is 0 Å². The summed E-state index contributed by atoms with van der Waals surface area (Å²) in [4.78, 5) is 16.1. The first kappa shape index (κ1) is 24.4. The molecule has 2 unspecified atom stereocenters. The fourth-order valence-corrected chi connectivity index (χ4v) is 4.50. The van der Waals surface area contributed by atoms with Crippen molar-refractivity contribution in [3.63, 3.8) is 0 Å². The molecule has 35 heavy (non-hydrogen) atoms. The molecule has 4 rings (SSSR count). The molecule has 7 heteroatoms. The van der Waals surface area contributed by atoms with E-state index in [0.717, 1.165) is 29.5 Å². The summed E-state index contributed by atoms with van der Waals surface area (Å²) in [6.45, 7) is 1.63. The van der Waals surface area contributed by atoms with Crippen molar-refractivity contribution in [2.24, 2.45) is 5.92 Å². The number of amides is 1. The van der Waals surface area contributed by atoms with E-state index in [0.29, 0.717) is 11.7 Å². The predicted molar refractivity (Wildman–Crippen MR) is 134 cm³/mol. The average Bonchev–Trinajstić information content (AvgIpc) is 3.33. The van der Waals surface area contributed by atoms with E-state index < -0.39 is 6.10 Å². The van der Waals surface area contributed by atoms with Crippen molar-refractivity contribution in [2.75, 3.05) is 13.2 Å². The van der Waals surface area contributed by atoms with Gasteiger partial charge in [-0.25, -0.2) is 4.98 Å². The lowest BCUT2D eigenvalue weighted by atomic mass is 9.71. The number of hydrogen-bond acceptors (Lipinski definition) is 5. The van der Waals surface area contributed by atoms with Crippen LogP contribution in [0.2, 0.25) is 0 Å². The Morgan fingerprint density at radius 3 is 2.46 bits per heavy atom. The van der Waals surface area contributed by atoms with Gasteiger partial charge in [0.15, 0.2) is 0 Å². The van der Waals surface area contributed by atoms with Gasteiger partial charge in [-0.2, -0.15) is 5.26 Å². The molecule has 0 saturated heterocycles. The highest BCUT2D eigenvalue weighted by atomic mass is 16.3. The summed E-state index contributed by atoms with van der Waals surface area (Å²) in [6.07, 6.45) is 8.18. The molecule has 2 atom stereocenters. The van der Waals surface area contributed by atoms with Crippen molar-refractivity contribution in [3.05, 3.63) is 84.0 Å². The number of hydrogen-bond donors (Lipinski definition) is 3. The van der Waals surface area contributed by atoms with Crippen molar-refractivity contribution in [1.29, 1.82) is 5.26 Å². The highest BCUT2D eigenvalue weighted by Crippen LogP contribution is 2.42. The van der Waals surface area contributed by atoms with Gasteiger partial charge in [-0.3, -0.25) is 4.79 Å². The van der Waals surface area contributed by atoms with Gasteiger partial charge >= 0.3 is 0 Å². The summed E-state index contributed by atoms with van der Waals surface area (Å²) in [5, 5.41) is 30.9. The molecule has 1 aromatic heterocycles. The summed E-state index contributed by atoms with van der Waals surface area (Å²) in [7, 11) is 0. The molecular weight excluding hydrogens is 440 g/mol. The maximum absolute atomic E-state index is 11.9. The highest BCUT2D eigenvalue weighted by molar-refractivity contribution is 5.80. The fourth-order valence-electron chi connectivity index (χ4n) is 4.50. The number of imidazole rings is 1. The minimum Gasteiger partial charge on any atom is -0.394 e. The molecule has 1 aliphatic rings. The van der Waals surface area contributed by atoms with Gasteiger partial charge in [-0.1, -0.05) is 60.7 Å². The lowest BCUT2D eigenvalue weighted by molar-refractivity contribution is -0.127. The second kappa shape index (κ2) is 11.1.